The van der Waals surface area contributed by atoms with E-state index in [-0.39, 0.29) is 17.9 Å². The maximum absolute atomic E-state index is 12.0. The van der Waals surface area contributed by atoms with Gasteiger partial charge in [0, 0.05) is 39.7 Å². The number of carbonyl (C=O) groups excluding carboxylic acids is 1. The fourth-order valence-corrected chi connectivity index (χ4v) is 3.86. The quantitative estimate of drug-likeness (QED) is 0.641. The second-order valence-corrected chi connectivity index (χ2v) is 7.00. The molecular weight excluding hydrogens is 270 g/mol. The number of amides is 1. The average Bonchev–Trinajstić information content (AvgIpc) is 2.71. The van der Waals surface area contributed by atoms with Gasteiger partial charge in [0.25, 0.3) is 10.2 Å². The van der Waals surface area contributed by atoms with E-state index in [1.807, 2.05) is 0 Å². The highest BCUT2D eigenvalue weighted by molar-refractivity contribution is 7.87. The zero-order chi connectivity index (χ0) is 13.9. The summed E-state index contributed by atoms with van der Waals surface area (Å²) in [7, 11) is -1.89. The Bertz CT molecular complexity index is 429. The first-order chi connectivity index (χ1) is 8.97. The third-order valence-corrected chi connectivity index (χ3v) is 5.52. The smallest absolute Gasteiger partial charge is 0.279 e. The minimum absolute atomic E-state index is 0.0321. The first kappa shape index (κ1) is 14.7. The number of nitrogens with one attached hydrogen (secondary N) is 2. The second kappa shape index (κ2) is 5.74. The molecule has 2 aliphatic rings. The first-order valence-electron chi connectivity index (χ1n) is 6.48. The van der Waals surface area contributed by atoms with Crippen LogP contribution >= 0.6 is 0 Å². The lowest BCUT2D eigenvalue weighted by molar-refractivity contribution is -0.119. The van der Waals surface area contributed by atoms with Crippen LogP contribution in [0.3, 0.4) is 0 Å². The molecule has 2 heterocycles. The minimum Gasteiger partial charge on any atom is -0.383 e. The van der Waals surface area contributed by atoms with Crippen molar-refractivity contribution in [2.75, 3.05) is 39.9 Å². The summed E-state index contributed by atoms with van der Waals surface area (Å²) >= 11 is 0. The van der Waals surface area contributed by atoms with E-state index in [0.29, 0.717) is 32.7 Å². The van der Waals surface area contributed by atoms with Crippen LogP contribution in [0.1, 0.15) is 19.3 Å². The van der Waals surface area contributed by atoms with Gasteiger partial charge in [-0.15, -0.1) is 0 Å². The fourth-order valence-electron chi connectivity index (χ4n) is 2.67. The Hall–Kier alpha value is -0.700. The average molecular weight is 291 g/mol. The van der Waals surface area contributed by atoms with Gasteiger partial charge < -0.3 is 10.1 Å². The Morgan fingerprint density at radius 3 is 2.63 bits per heavy atom. The summed E-state index contributed by atoms with van der Waals surface area (Å²) < 4.78 is 32.8. The third kappa shape index (κ3) is 3.44. The summed E-state index contributed by atoms with van der Waals surface area (Å²) in [6, 6.07) is 0. The molecule has 2 rings (SSSR count). The molecule has 110 valence electrons. The maximum atomic E-state index is 12.0. The van der Waals surface area contributed by atoms with E-state index in [9.17, 15) is 13.2 Å². The largest absolute Gasteiger partial charge is 0.383 e. The first-order valence-corrected chi connectivity index (χ1v) is 7.92. The van der Waals surface area contributed by atoms with Crippen LogP contribution in [-0.2, 0) is 19.7 Å². The molecule has 8 heteroatoms. The summed E-state index contributed by atoms with van der Waals surface area (Å²) in [5.41, 5.74) is -0.0321. The molecule has 2 aliphatic heterocycles. The van der Waals surface area contributed by atoms with E-state index < -0.39 is 10.2 Å². The van der Waals surface area contributed by atoms with Crippen molar-refractivity contribution in [2.24, 2.45) is 5.41 Å². The lowest BCUT2D eigenvalue weighted by Crippen LogP contribution is -2.48. The van der Waals surface area contributed by atoms with Crippen LogP contribution in [-0.4, -0.2) is 58.5 Å². The van der Waals surface area contributed by atoms with Crippen molar-refractivity contribution in [1.29, 1.82) is 0 Å². The Morgan fingerprint density at radius 1 is 1.42 bits per heavy atom. The number of nitrogens with zero attached hydrogens (tertiary/aromatic N) is 1. The van der Waals surface area contributed by atoms with Gasteiger partial charge in [-0.05, 0) is 18.3 Å². The molecule has 0 unspecified atom stereocenters. The van der Waals surface area contributed by atoms with Gasteiger partial charge in [-0.3, -0.25) is 4.79 Å². The molecule has 0 aromatic heterocycles. The van der Waals surface area contributed by atoms with Crippen LogP contribution in [0.5, 0.6) is 0 Å². The zero-order valence-electron chi connectivity index (χ0n) is 11.1. The summed E-state index contributed by atoms with van der Waals surface area (Å²) in [5, 5.41) is 2.84. The molecule has 2 N–H and O–H groups in total. The van der Waals surface area contributed by atoms with Crippen LogP contribution < -0.4 is 10.0 Å². The molecule has 1 spiro atoms. The molecule has 2 fully saturated rings. The van der Waals surface area contributed by atoms with E-state index in [2.05, 4.69) is 10.0 Å². The molecule has 0 bridgehead atoms. The Labute approximate surface area is 113 Å². The second-order valence-electron chi connectivity index (χ2n) is 5.24. The number of methoxy groups -OCH3 is 1. The van der Waals surface area contributed by atoms with Gasteiger partial charge in [-0.1, -0.05) is 0 Å². The van der Waals surface area contributed by atoms with Crippen LogP contribution in [0, 0.1) is 5.41 Å². The number of ether oxygens (including phenoxy) is 1. The summed E-state index contributed by atoms with van der Waals surface area (Å²) in [6.07, 6.45) is 1.99. The van der Waals surface area contributed by atoms with Crippen molar-refractivity contribution in [3.8, 4) is 0 Å². The van der Waals surface area contributed by atoms with E-state index in [0.717, 1.165) is 12.8 Å². The van der Waals surface area contributed by atoms with Crippen molar-refractivity contribution < 1.29 is 17.9 Å². The third-order valence-electron chi connectivity index (χ3n) is 3.91. The molecule has 2 saturated heterocycles. The van der Waals surface area contributed by atoms with E-state index >= 15 is 0 Å². The highest BCUT2D eigenvalue weighted by atomic mass is 32.2. The summed E-state index contributed by atoms with van der Waals surface area (Å²) in [4.78, 5) is 11.3. The van der Waals surface area contributed by atoms with E-state index in [1.165, 1.54) is 11.4 Å². The van der Waals surface area contributed by atoms with Crippen molar-refractivity contribution in [1.82, 2.24) is 14.3 Å². The summed E-state index contributed by atoms with van der Waals surface area (Å²) in [5.74, 6) is 0.0783. The maximum Gasteiger partial charge on any atom is 0.279 e. The number of carbonyl (C=O) groups is 1. The Kier molecular flexibility index (Phi) is 4.44. The highest BCUT2D eigenvalue weighted by Gasteiger charge is 2.42. The number of hydrogen-bond donors (Lipinski definition) is 2. The standard InChI is InChI=1S/C11H21N3O4S/c1-18-7-4-13-19(16,17)14-5-2-11(3-6-14)8-10(15)12-9-11/h13H,2-9H2,1H3,(H,12,15). The van der Waals surface area contributed by atoms with E-state index in [4.69, 9.17) is 4.74 Å². The van der Waals surface area contributed by atoms with Crippen molar-refractivity contribution in [3.63, 3.8) is 0 Å². The molecule has 0 radical (unpaired) electrons. The number of rotatable bonds is 5. The molecular formula is C11H21N3O4S. The van der Waals surface area contributed by atoms with Gasteiger partial charge in [0.15, 0.2) is 0 Å². The molecule has 0 aromatic rings. The van der Waals surface area contributed by atoms with Crippen molar-refractivity contribution in [2.45, 2.75) is 19.3 Å². The lowest BCUT2D eigenvalue weighted by atomic mass is 9.78. The van der Waals surface area contributed by atoms with E-state index in [1.54, 1.807) is 0 Å². The highest BCUT2D eigenvalue weighted by Crippen LogP contribution is 2.37. The predicted octanol–water partition coefficient (Wildman–Crippen LogP) is -0.931. The van der Waals surface area contributed by atoms with Crippen LogP contribution in [0.25, 0.3) is 0 Å². The number of piperidine rings is 1. The minimum atomic E-state index is -3.42. The van der Waals surface area contributed by atoms with Crippen LogP contribution in [0.4, 0.5) is 0 Å². The molecule has 7 nitrogen and oxygen atoms in total. The van der Waals surface area contributed by atoms with Crippen molar-refractivity contribution >= 4 is 16.1 Å². The van der Waals surface area contributed by atoms with Gasteiger partial charge in [0.2, 0.25) is 5.91 Å². The molecule has 1 amide bonds. The monoisotopic (exact) mass is 291 g/mol. The normalized spacial score (nSPS) is 23.7. The van der Waals surface area contributed by atoms with Gasteiger partial charge in [-0.2, -0.15) is 17.4 Å². The van der Waals surface area contributed by atoms with Crippen LogP contribution in [0.15, 0.2) is 0 Å². The molecule has 0 atom stereocenters. The molecule has 0 aliphatic carbocycles. The predicted molar refractivity (Wildman–Crippen MR) is 69.7 cm³/mol. The number of hydrogen-bond acceptors (Lipinski definition) is 4. The zero-order valence-corrected chi connectivity index (χ0v) is 12.0. The van der Waals surface area contributed by atoms with Gasteiger partial charge in [0.1, 0.15) is 0 Å². The fraction of sp³-hybridized carbons (Fsp3) is 0.909. The summed E-state index contributed by atoms with van der Waals surface area (Å²) in [6.45, 7) is 2.25. The Morgan fingerprint density at radius 2 is 2.11 bits per heavy atom. The molecule has 19 heavy (non-hydrogen) atoms. The molecule has 0 saturated carbocycles. The molecule has 0 aromatic carbocycles. The topological polar surface area (TPSA) is 87.7 Å². The SMILES string of the molecule is COCCNS(=O)(=O)N1CCC2(CC1)CNC(=O)C2. The van der Waals surface area contributed by atoms with Crippen LogP contribution in [0.2, 0.25) is 0 Å². The Balaban J connectivity index is 1.87. The van der Waals surface area contributed by atoms with Gasteiger partial charge in [-0.25, -0.2) is 0 Å². The van der Waals surface area contributed by atoms with Crippen molar-refractivity contribution in [3.05, 3.63) is 0 Å². The van der Waals surface area contributed by atoms with Gasteiger partial charge in [0.05, 0.1) is 6.61 Å². The van der Waals surface area contributed by atoms with Gasteiger partial charge >= 0.3 is 0 Å². The lowest BCUT2D eigenvalue weighted by Gasteiger charge is -2.37.